The fourth-order valence-corrected chi connectivity index (χ4v) is 16.4. The first-order chi connectivity index (χ1) is 33.4. The van der Waals surface area contributed by atoms with Gasteiger partial charge < -0.3 is 0 Å². The Morgan fingerprint density at radius 1 is 0.529 bits per heavy atom. The van der Waals surface area contributed by atoms with E-state index in [-0.39, 0.29) is 0 Å². The Morgan fingerprint density at radius 2 is 1.00 bits per heavy atom. The predicted octanol–water partition coefficient (Wildman–Crippen LogP) is 14.6. The van der Waals surface area contributed by atoms with Crippen LogP contribution >= 0.6 is 29.9 Å². The molecule has 0 aliphatic carbocycles. The first-order valence-corrected chi connectivity index (χ1v) is 28.5. The molecule has 0 saturated carbocycles. The van der Waals surface area contributed by atoms with E-state index < -0.39 is 7.26 Å². The fourth-order valence-electron chi connectivity index (χ4n) is 8.27. The zero-order valence-corrected chi connectivity index (χ0v) is 45.9. The summed E-state index contributed by atoms with van der Waals surface area (Å²) in [5.41, 5.74) is 10.4. The van der Waals surface area contributed by atoms with Crippen molar-refractivity contribution < 1.29 is 45.4 Å². The molecule has 0 N–H and O–H groups in total. The van der Waals surface area contributed by atoms with Gasteiger partial charge in [-0.15, -0.1) is 11.3 Å². The van der Waals surface area contributed by atoms with Crippen molar-refractivity contribution in [1.82, 2.24) is 0 Å². The minimum absolute atomic E-state index is 0.582. The van der Waals surface area contributed by atoms with Crippen molar-refractivity contribution in [3.05, 3.63) is 253 Å². The van der Waals surface area contributed by atoms with Gasteiger partial charge in [0.25, 0.3) is 0 Å². The maximum atomic E-state index is 6.02. The Bertz CT molecular complexity index is 3040. The molecule has 2 nitrogen and oxygen atoms in total. The predicted molar refractivity (Wildman–Crippen MR) is 288 cm³/mol. The van der Waals surface area contributed by atoms with Gasteiger partial charge in [-0.05, 0) is 25.1 Å². The molecule has 340 valence electrons. The molecule has 4 heterocycles. The van der Waals surface area contributed by atoms with Gasteiger partial charge in [-0.3, -0.25) is 0 Å². The van der Waals surface area contributed by atoms with Gasteiger partial charge in [0.2, 0.25) is 0 Å². The van der Waals surface area contributed by atoms with E-state index in [1.54, 1.807) is 17.9 Å². The van der Waals surface area contributed by atoms with E-state index in [0.717, 1.165) is 27.8 Å². The third-order valence-corrected chi connectivity index (χ3v) is 20.4. The van der Waals surface area contributed by atoms with Gasteiger partial charge in [-0.1, -0.05) is 6.08 Å². The molecule has 0 spiro atoms. The first-order valence-electron chi connectivity index (χ1n) is 22.5. The maximum absolute atomic E-state index is 6.02. The van der Waals surface area contributed by atoms with Crippen molar-refractivity contribution in [3.63, 3.8) is 0 Å². The molecular formula is C61H52O2Os2PS2+. The second-order valence-corrected chi connectivity index (χ2v) is 23.0. The average molecular weight is 1290 g/mol. The number of allylic oxidation sites excluding steroid dienone is 12. The van der Waals surface area contributed by atoms with E-state index >= 15 is 0 Å². The molecule has 6 aromatic rings. The van der Waals surface area contributed by atoms with Crippen LogP contribution in [0.2, 0.25) is 0 Å². The number of thiophene rings is 2. The van der Waals surface area contributed by atoms with Crippen molar-refractivity contribution in [3.8, 4) is 18.5 Å². The summed E-state index contributed by atoms with van der Waals surface area (Å²) in [5, 5.41) is 5.08. The van der Waals surface area contributed by atoms with Crippen molar-refractivity contribution >= 4 is 70.2 Å². The van der Waals surface area contributed by atoms with E-state index in [9.17, 15) is 0 Å². The van der Waals surface area contributed by atoms with Crippen LogP contribution in [0.3, 0.4) is 0 Å². The Hall–Kier alpha value is -5.14. The molecular weight excluding hydrogens is 1240 g/mol. The molecule has 7 heteroatoms. The normalized spacial score (nSPS) is 17.6. The van der Waals surface area contributed by atoms with Crippen LogP contribution in [-0.2, 0) is 45.4 Å². The zero-order valence-electron chi connectivity index (χ0n) is 38.3. The van der Waals surface area contributed by atoms with E-state index in [1.807, 2.05) is 40.6 Å². The average Bonchev–Trinajstić information content (AvgIpc) is 4.24. The molecule has 2 saturated heterocycles. The van der Waals surface area contributed by atoms with Gasteiger partial charge in [0, 0.05) is 9.75 Å². The minimum atomic E-state index is -2.43. The molecule has 4 aromatic carbocycles. The molecule has 0 unspecified atom stereocenters. The number of rotatable bonds is 14. The Kier molecular flexibility index (Phi) is 17.7. The molecule has 0 bridgehead atoms. The van der Waals surface area contributed by atoms with Gasteiger partial charge in [0.05, 0.1) is 0 Å². The summed E-state index contributed by atoms with van der Waals surface area (Å²) in [6, 6.07) is 50.7. The quantitative estimate of drug-likeness (QED) is 0.0799. The summed E-state index contributed by atoms with van der Waals surface area (Å²) in [4.78, 5) is 5.11. The Labute approximate surface area is 431 Å². The van der Waals surface area contributed by atoms with Crippen LogP contribution in [0.5, 0.6) is 0 Å². The first kappa shape index (κ1) is 49.3. The molecule has 68 heavy (non-hydrogen) atoms. The summed E-state index contributed by atoms with van der Waals surface area (Å²) in [6.07, 6.45) is 26.5. The van der Waals surface area contributed by atoms with Crippen molar-refractivity contribution in [2.75, 3.05) is 26.4 Å². The van der Waals surface area contributed by atoms with Crippen LogP contribution in [0.15, 0.2) is 232 Å². The molecule has 0 atom stereocenters. The summed E-state index contributed by atoms with van der Waals surface area (Å²) in [7, 11) is -2.43. The standard InChI is InChI=1S/C61H52O2PS2.2Os/c1-6-18-58-35-37-60(65-58)61-38-36-59(66-61)26-17-19-52-42-63-44-54(52)39-50(45(3)4)33-31-47-27-29-48(30-28-47)32-34-51(40-53-43-62-41-49(53)7-2)46(5)64(55-20-11-8-12-21-55,56-22-13-9-14-23-56)57-24-15-10-16-25-57;;/h6-40H,41-44H2,1-3H3;;/q+1;;/b18-6+,26-17+,33-31+,34-32+,49-7?,50-45?,51-46?,52-19?,53-40?,54-39?;;. The molecule has 8 rings (SSSR count). The second kappa shape index (κ2) is 24.4. The topological polar surface area (TPSA) is 18.5 Å². The Balaban J connectivity index is 1.08. The molecule has 2 aliphatic rings. The van der Waals surface area contributed by atoms with E-state index in [4.69, 9.17) is 9.47 Å². The van der Waals surface area contributed by atoms with E-state index in [2.05, 4.69) is 242 Å². The zero-order chi connectivity index (χ0) is 47.1. The molecule has 2 aromatic heterocycles. The number of ether oxygens (including phenoxy) is 2. The summed E-state index contributed by atoms with van der Waals surface area (Å²) in [5.74, 6) is 0. The molecule has 0 amide bonds. The van der Waals surface area contributed by atoms with Crippen LogP contribution in [0.4, 0.5) is 0 Å². The van der Waals surface area contributed by atoms with Crippen molar-refractivity contribution in [1.29, 1.82) is 0 Å². The second-order valence-electron chi connectivity index (χ2n) is 16.2. The number of hydrogen-bond acceptors (Lipinski definition) is 4. The molecule has 0 radical (unpaired) electrons. The monoisotopic (exact) mass is 1300 g/mol. The number of benzene rings is 4. The summed E-state index contributed by atoms with van der Waals surface area (Å²) in [6.45, 7) is 8.68. The fraction of sp³-hybridized carbons (Fsp3) is 0.115. The summed E-state index contributed by atoms with van der Waals surface area (Å²) >= 11 is 7.21. The van der Waals surface area contributed by atoms with Gasteiger partial charge in [0.15, 0.2) is 0 Å². The third kappa shape index (κ3) is 11.8. The van der Waals surface area contributed by atoms with Crippen molar-refractivity contribution in [2.45, 2.75) is 20.8 Å². The van der Waals surface area contributed by atoms with Gasteiger partial charge in [-0.25, -0.2) is 0 Å². The summed E-state index contributed by atoms with van der Waals surface area (Å²) < 4.78 is 19.3. The Morgan fingerprint density at radius 3 is 1.50 bits per heavy atom. The SMILES string of the molecule is CC=C1COCC1=CC(/C=C/c1ccc(/C=C/C(C=C2COCC2=C/C=C/c2ccc(-c3ccc(/C=C/C)s3)s2)=C(C)[C]#[Os])cc1)=C([C]#[Os])[P+](c1ccccc1)(c1ccccc1)c1ccccc1. The van der Waals surface area contributed by atoms with Crippen LogP contribution in [0, 0.1) is 8.74 Å². The van der Waals surface area contributed by atoms with Crippen molar-refractivity contribution in [2.24, 2.45) is 0 Å². The van der Waals surface area contributed by atoms with Gasteiger partial charge in [0.1, 0.15) is 0 Å². The van der Waals surface area contributed by atoms with Crippen LogP contribution < -0.4 is 15.9 Å². The van der Waals surface area contributed by atoms with Gasteiger partial charge >= 0.3 is 382 Å². The van der Waals surface area contributed by atoms with Crippen LogP contribution in [0.1, 0.15) is 41.7 Å². The van der Waals surface area contributed by atoms with Crippen LogP contribution in [-0.4, -0.2) is 26.4 Å². The van der Waals surface area contributed by atoms with E-state index in [0.29, 0.717) is 26.4 Å². The van der Waals surface area contributed by atoms with Gasteiger partial charge in [-0.2, -0.15) is 0 Å². The van der Waals surface area contributed by atoms with Crippen LogP contribution in [0.25, 0.3) is 34.1 Å². The molecule has 2 aliphatic heterocycles. The van der Waals surface area contributed by atoms with E-state index in [1.165, 1.54) is 63.0 Å². The number of hydrogen-bond donors (Lipinski definition) is 0. The third-order valence-electron chi connectivity index (χ3n) is 11.8. The molecule has 2 fully saturated rings.